The van der Waals surface area contributed by atoms with E-state index >= 15 is 0 Å². The summed E-state index contributed by atoms with van der Waals surface area (Å²) in [4.78, 5) is 0. The Labute approximate surface area is 92.9 Å². The molecule has 2 aromatic rings. The second-order valence-corrected chi connectivity index (χ2v) is 3.53. The molecular weight excluding hydrogens is 210 g/mol. The zero-order valence-corrected chi connectivity index (χ0v) is 8.78. The van der Waals surface area contributed by atoms with Crippen LogP contribution in [-0.4, -0.2) is 10.2 Å². The summed E-state index contributed by atoms with van der Waals surface area (Å²) < 4.78 is 0. The number of rotatable bonds is 2. The van der Waals surface area contributed by atoms with Gasteiger partial charge in [-0.2, -0.15) is 0 Å². The van der Waals surface area contributed by atoms with Crippen molar-refractivity contribution >= 4 is 11.6 Å². The van der Waals surface area contributed by atoms with Gasteiger partial charge in [-0.25, -0.2) is 0 Å². The molecule has 4 heteroatoms. The molecule has 76 valence electrons. The Bertz CT molecular complexity index is 436. The summed E-state index contributed by atoms with van der Waals surface area (Å²) in [6.45, 7) is 0.548. The lowest BCUT2D eigenvalue weighted by atomic mass is 10.1. The molecule has 3 nitrogen and oxygen atoms in total. The minimum absolute atomic E-state index is 0.400. The minimum Gasteiger partial charge on any atom is -0.326 e. The molecule has 0 fully saturated rings. The monoisotopic (exact) mass is 219 g/mol. The van der Waals surface area contributed by atoms with Crippen LogP contribution >= 0.6 is 11.6 Å². The highest BCUT2D eigenvalue weighted by Crippen LogP contribution is 2.17. The molecule has 0 saturated carbocycles. The lowest BCUT2D eigenvalue weighted by Crippen LogP contribution is -1.95. The average Bonchev–Trinajstić information content (AvgIpc) is 2.30. The van der Waals surface area contributed by atoms with E-state index in [4.69, 9.17) is 17.3 Å². The zero-order chi connectivity index (χ0) is 10.7. The van der Waals surface area contributed by atoms with Gasteiger partial charge in [0.15, 0.2) is 5.15 Å². The third-order valence-electron chi connectivity index (χ3n) is 2.12. The van der Waals surface area contributed by atoms with Crippen molar-refractivity contribution in [1.29, 1.82) is 0 Å². The number of hydrogen-bond donors (Lipinski definition) is 1. The molecule has 1 aromatic carbocycles. The summed E-state index contributed by atoms with van der Waals surface area (Å²) in [5, 5.41) is 8.18. The quantitative estimate of drug-likeness (QED) is 0.843. The average molecular weight is 220 g/mol. The third kappa shape index (κ3) is 2.32. The fourth-order valence-electron chi connectivity index (χ4n) is 1.28. The fourth-order valence-corrected chi connectivity index (χ4v) is 1.38. The Balaban J connectivity index is 2.33. The number of benzene rings is 1. The van der Waals surface area contributed by atoms with E-state index in [-0.39, 0.29) is 0 Å². The first-order valence-electron chi connectivity index (χ1n) is 4.58. The van der Waals surface area contributed by atoms with E-state index < -0.39 is 0 Å². The van der Waals surface area contributed by atoms with Gasteiger partial charge in [-0.3, -0.25) is 0 Å². The van der Waals surface area contributed by atoms with Crippen LogP contribution in [0.1, 0.15) is 5.56 Å². The molecule has 0 spiro atoms. The summed E-state index contributed by atoms with van der Waals surface area (Å²) in [7, 11) is 0. The molecule has 0 amide bonds. The largest absolute Gasteiger partial charge is 0.326 e. The highest BCUT2D eigenvalue weighted by Gasteiger charge is 1.99. The van der Waals surface area contributed by atoms with Gasteiger partial charge in [0.1, 0.15) is 0 Å². The Morgan fingerprint density at radius 3 is 2.27 bits per heavy atom. The molecule has 0 atom stereocenters. The highest BCUT2D eigenvalue weighted by atomic mass is 35.5. The van der Waals surface area contributed by atoms with Crippen LogP contribution in [0.4, 0.5) is 0 Å². The minimum atomic E-state index is 0.400. The Kier molecular flexibility index (Phi) is 2.94. The predicted octanol–water partition coefficient (Wildman–Crippen LogP) is 2.26. The first-order chi connectivity index (χ1) is 7.29. The summed E-state index contributed by atoms with van der Waals surface area (Å²) in [5.41, 5.74) is 8.43. The van der Waals surface area contributed by atoms with Crippen LogP contribution in [-0.2, 0) is 6.54 Å². The number of hydrogen-bond acceptors (Lipinski definition) is 3. The van der Waals surface area contributed by atoms with Crippen LogP contribution in [0.2, 0.25) is 5.15 Å². The Morgan fingerprint density at radius 2 is 1.73 bits per heavy atom. The Hall–Kier alpha value is -1.45. The molecule has 0 saturated heterocycles. The second-order valence-electron chi connectivity index (χ2n) is 3.14. The smallest absolute Gasteiger partial charge is 0.151 e. The van der Waals surface area contributed by atoms with Gasteiger partial charge in [0.2, 0.25) is 0 Å². The van der Waals surface area contributed by atoms with Crippen molar-refractivity contribution in [3.8, 4) is 11.3 Å². The van der Waals surface area contributed by atoms with Crippen molar-refractivity contribution in [3.63, 3.8) is 0 Å². The van der Waals surface area contributed by atoms with Crippen LogP contribution in [0, 0.1) is 0 Å². The molecule has 0 radical (unpaired) electrons. The van der Waals surface area contributed by atoms with Crippen molar-refractivity contribution in [3.05, 3.63) is 47.1 Å². The first kappa shape index (κ1) is 10.1. The molecule has 0 aliphatic rings. The second kappa shape index (κ2) is 4.38. The lowest BCUT2D eigenvalue weighted by Gasteiger charge is -2.01. The summed E-state index contributed by atoms with van der Waals surface area (Å²) >= 11 is 5.66. The predicted molar refractivity (Wildman–Crippen MR) is 60.4 cm³/mol. The molecule has 0 aliphatic carbocycles. The molecule has 0 unspecified atom stereocenters. The van der Waals surface area contributed by atoms with E-state index in [1.165, 1.54) is 0 Å². The van der Waals surface area contributed by atoms with Crippen LogP contribution in [0.5, 0.6) is 0 Å². The van der Waals surface area contributed by atoms with Gasteiger partial charge in [0.05, 0.1) is 5.69 Å². The molecule has 1 heterocycles. The normalized spacial score (nSPS) is 10.3. The maximum atomic E-state index is 5.66. The summed E-state index contributed by atoms with van der Waals surface area (Å²) in [6.07, 6.45) is 0. The van der Waals surface area contributed by atoms with Gasteiger partial charge in [0, 0.05) is 12.1 Å². The van der Waals surface area contributed by atoms with E-state index in [2.05, 4.69) is 10.2 Å². The molecule has 2 N–H and O–H groups in total. The Morgan fingerprint density at radius 1 is 1.00 bits per heavy atom. The van der Waals surface area contributed by atoms with E-state index in [0.717, 1.165) is 16.8 Å². The van der Waals surface area contributed by atoms with Crippen LogP contribution < -0.4 is 5.73 Å². The SMILES string of the molecule is NCc1ccc(-c2ccc(Cl)nn2)cc1. The van der Waals surface area contributed by atoms with Crippen molar-refractivity contribution < 1.29 is 0 Å². The number of nitrogens with two attached hydrogens (primary N) is 1. The zero-order valence-electron chi connectivity index (χ0n) is 8.02. The van der Waals surface area contributed by atoms with Gasteiger partial charge in [-0.05, 0) is 17.7 Å². The van der Waals surface area contributed by atoms with Crippen molar-refractivity contribution in [2.45, 2.75) is 6.54 Å². The van der Waals surface area contributed by atoms with Crippen LogP contribution in [0.3, 0.4) is 0 Å². The summed E-state index contributed by atoms with van der Waals surface area (Å²) in [6, 6.07) is 11.5. The summed E-state index contributed by atoms with van der Waals surface area (Å²) in [5.74, 6) is 0. The van der Waals surface area contributed by atoms with Gasteiger partial charge in [-0.15, -0.1) is 10.2 Å². The van der Waals surface area contributed by atoms with Gasteiger partial charge < -0.3 is 5.73 Å². The molecule has 2 rings (SSSR count). The molecule has 0 bridgehead atoms. The van der Waals surface area contributed by atoms with E-state index in [0.29, 0.717) is 11.7 Å². The van der Waals surface area contributed by atoms with Crippen molar-refractivity contribution in [1.82, 2.24) is 10.2 Å². The number of halogens is 1. The molecular formula is C11H10ClN3. The standard InChI is InChI=1S/C11H10ClN3/c12-11-6-5-10(14-15-11)9-3-1-8(7-13)2-4-9/h1-6H,7,13H2. The van der Waals surface area contributed by atoms with Gasteiger partial charge in [0.25, 0.3) is 0 Å². The molecule has 0 aliphatic heterocycles. The highest BCUT2D eigenvalue weighted by molar-refractivity contribution is 6.29. The van der Waals surface area contributed by atoms with E-state index in [1.54, 1.807) is 6.07 Å². The van der Waals surface area contributed by atoms with Crippen molar-refractivity contribution in [2.75, 3.05) is 0 Å². The maximum absolute atomic E-state index is 5.66. The molecule has 15 heavy (non-hydrogen) atoms. The van der Waals surface area contributed by atoms with E-state index in [9.17, 15) is 0 Å². The maximum Gasteiger partial charge on any atom is 0.151 e. The third-order valence-corrected chi connectivity index (χ3v) is 2.32. The van der Waals surface area contributed by atoms with Crippen LogP contribution in [0.15, 0.2) is 36.4 Å². The van der Waals surface area contributed by atoms with Crippen molar-refractivity contribution in [2.24, 2.45) is 5.73 Å². The van der Waals surface area contributed by atoms with Gasteiger partial charge in [-0.1, -0.05) is 35.9 Å². The number of nitrogens with zero attached hydrogens (tertiary/aromatic N) is 2. The first-order valence-corrected chi connectivity index (χ1v) is 4.96. The fraction of sp³-hybridized carbons (Fsp3) is 0.0909. The topological polar surface area (TPSA) is 51.8 Å². The van der Waals surface area contributed by atoms with E-state index in [1.807, 2.05) is 30.3 Å². The van der Waals surface area contributed by atoms with Gasteiger partial charge >= 0.3 is 0 Å². The number of aromatic nitrogens is 2. The molecule has 1 aromatic heterocycles. The van der Waals surface area contributed by atoms with Crippen LogP contribution in [0.25, 0.3) is 11.3 Å². The lowest BCUT2D eigenvalue weighted by molar-refractivity contribution is 1.04.